The highest BCUT2D eigenvalue weighted by Crippen LogP contribution is 2.34. The van der Waals surface area contributed by atoms with Crippen molar-refractivity contribution in [1.82, 2.24) is 54.5 Å². The molecule has 0 unspecified atom stereocenters. The second kappa shape index (κ2) is 45.1. The molecule has 2 aliphatic heterocycles. The molecule has 6 aromatic carbocycles. The number of unbranched alkanes of at least 4 members (excludes halogenated alkanes) is 1. The van der Waals surface area contributed by atoms with Crippen molar-refractivity contribution in [3.8, 4) is 45.0 Å². The average Bonchev–Trinajstić information content (AvgIpc) is 1.47. The first kappa shape index (κ1) is 93.0. The van der Waals surface area contributed by atoms with E-state index in [2.05, 4.69) is 70.8 Å². The third kappa shape index (κ3) is 26.9. The maximum atomic E-state index is 12.7. The van der Waals surface area contributed by atoms with Gasteiger partial charge in [-0.2, -0.15) is 0 Å². The molecule has 33 heteroatoms. The summed E-state index contributed by atoms with van der Waals surface area (Å²) in [5.74, 6) is -0.234. The fourth-order valence-corrected chi connectivity index (χ4v) is 15.6. The number of anilines is 5. The van der Waals surface area contributed by atoms with Gasteiger partial charge in [0, 0.05) is 166 Å². The molecule has 0 radical (unpaired) electrons. The molecule has 644 valence electrons. The Morgan fingerprint density at radius 2 is 0.800 bits per heavy atom. The van der Waals surface area contributed by atoms with Crippen molar-refractivity contribution >= 4 is 136 Å². The molecule has 8 heterocycles. The van der Waals surface area contributed by atoms with Gasteiger partial charge in [-0.15, -0.1) is 0 Å². The lowest BCUT2D eigenvalue weighted by molar-refractivity contribution is -0.129. The van der Waals surface area contributed by atoms with Crippen LogP contribution in [0, 0.1) is 5.92 Å². The Labute approximate surface area is 745 Å². The largest absolute Gasteiger partial charge is 0.353 e. The van der Waals surface area contributed by atoms with Gasteiger partial charge in [0.1, 0.15) is 11.5 Å². The number of nitrogens with one attached hydrogen (secondary N) is 7. The van der Waals surface area contributed by atoms with E-state index < -0.39 is 20.0 Å². The van der Waals surface area contributed by atoms with Crippen LogP contribution in [0.4, 0.5) is 28.6 Å². The molecule has 6 aromatic heterocycles. The molecule has 0 saturated carbocycles. The minimum Gasteiger partial charge on any atom is -0.353 e. The third-order valence-electron chi connectivity index (χ3n) is 19.4. The highest BCUT2D eigenvalue weighted by Gasteiger charge is 2.24. The van der Waals surface area contributed by atoms with Gasteiger partial charge in [0.15, 0.2) is 0 Å². The Morgan fingerprint density at radius 3 is 1.13 bits per heavy atom. The normalized spacial score (nSPS) is 12.4. The number of benzene rings is 6. The van der Waals surface area contributed by atoms with Gasteiger partial charge < -0.3 is 41.3 Å². The zero-order chi connectivity index (χ0) is 89.0. The maximum absolute atomic E-state index is 12.7. The van der Waals surface area contributed by atoms with Gasteiger partial charge in [-0.1, -0.05) is 97.9 Å². The minimum atomic E-state index is -3.72. The number of carbonyl (C=O) groups excluding carboxylic acids is 7. The highest BCUT2D eigenvalue weighted by molar-refractivity contribution is 7.89. The van der Waals surface area contributed by atoms with Gasteiger partial charge in [0.05, 0.1) is 63.8 Å². The lowest BCUT2D eigenvalue weighted by Gasteiger charge is -2.34. The number of hydrogen-bond acceptors (Lipinski definition) is 18. The molecule has 2 saturated heterocycles. The molecule has 2 fully saturated rings. The van der Waals surface area contributed by atoms with Crippen LogP contribution in [0.15, 0.2) is 265 Å². The lowest BCUT2D eigenvalue weighted by atomic mass is 10.1. The first-order valence-corrected chi connectivity index (χ1v) is 44.4. The van der Waals surface area contributed by atoms with Gasteiger partial charge >= 0.3 is 0 Å². The third-order valence-corrected chi connectivity index (χ3v) is 23.7. The minimum absolute atomic E-state index is 0.0650. The highest BCUT2D eigenvalue weighted by atomic mass is 35.5. The van der Waals surface area contributed by atoms with Crippen molar-refractivity contribution in [2.75, 3.05) is 85.1 Å². The van der Waals surface area contributed by atoms with Crippen LogP contribution in [-0.2, 0) is 29.6 Å². The number of pyridine rings is 6. The quantitative estimate of drug-likeness (QED) is 0.0235. The van der Waals surface area contributed by atoms with E-state index in [-0.39, 0.29) is 63.4 Å². The number of carbonyl (C=O) groups is 7. The summed E-state index contributed by atoms with van der Waals surface area (Å²) >= 11 is 25.2. The number of hydrogen-bond donors (Lipinski definition) is 7. The van der Waals surface area contributed by atoms with Crippen molar-refractivity contribution in [3.05, 3.63) is 304 Å². The van der Waals surface area contributed by atoms with Crippen molar-refractivity contribution in [1.29, 1.82) is 0 Å². The Bertz CT molecular complexity index is 5980. The molecule has 12 aromatic rings. The SMILES string of the molecule is CC(=O)N1CCN(c2ccc(C(=O)Nc3ccc(Cl)c(-c4ccccn4)c3)cn2)CC1.CC(C)CNC(=O)c1ccc(C(=O)Nc2ccc(Cl)c(-c3ccccn3)c2)cn1.CCCCNS(=O)(=O)c1ccc(C(=O)Nc2ccc(Cl)c(-c3ccccn3)c2)cc1.O=C(Nc1ccc(Cl)c(-c2ccccn2)c1)c1ccc(S(=O)(=O)NCCCN2CCCC2=O)cc1. The summed E-state index contributed by atoms with van der Waals surface area (Å²) in [6.45, 7) is 12.8. The molecule has 0 bridgehead atoms. The van der Waals surface area contributed by atoms with Crippen LogP contribution in [-0.4, -0.2) is 157 Å². The van der Waals surface area contributed by atoms with Crippen LogP contribution >= 0.6 is 46.4 Å². The topological polar surface area (TPSA) is 359 Å². The summed E-state index contributed by atoms with van der Waals surface area (Å²) in [7, 11) is -7.30. The van der Waals surface area contributed by atoms with Crippen molar-refractivity contribution in [2.24, 2.45) is 5.92 Å². The fourth-order valence-electron chi connectivity index (χ4n) is 12.6. The van der Waals surface area contributed by atoms with Gasteiger partial charge in [-0.3, -0.25) is 58.5 Å². The number of rotatable bonds is 27. The first-order valence-electron chi connectivity index (χ1n) is 40.0. The summed E-state index contributed by atoms with van der Waals surface area (Å²) in [4.78, 5) is 117. The zero-order valence-corrected chi connectivity index (χ0v) is 73.2. The monoisotopic (exact) mass is 1800 g/mol. The summed E-state index contributed by atoms with van der Waals surface area (Å²) < 4.78 is 54.7. The second-order valence-electron chi connectivity index (χ2n) is 28.9. The van der Waals surface area contributed by atoms with E-state index in [0.29, 0.717) is 145 Å². The summed E-state index contributed by atoms with van der Waals surface area (Å²) in [6, 6.07) is 61.1. The van der Waals surface area contributed by atoms with Gasteiger partial charge in [-0.05, 0) is 219 Å². The van der Waals surface area contributed by atoms with Crippen LogP contribution in [0.1, 0.15) is 112 Å². The number of aromatic nitrogens is 6. The van der Waals surface area contributed by atoms with Crippen molar-refractivity contribution < 1.29 is 50.4 Å². The predicted octanol–water partition coefficient (Wildman–Crippen LogP) is 16.8. The Hall–Kier alpha value is -12.7. The number of halogens is 4. The lowest BCUT2D eigenvalue weighted by Crippen LogP contribution is -2.48. The summed E-state index contributed by atoms with van der Waals surface area (Å²) in [5, 5.41) is 16.2. The van der Waals surface area contributed by atoms with E-state index in [1.165, 1.54) is 60.8 Å². The first-order chi connectivity index (χ1) is 60.2. The predicted molar refractivity (Wildman–Crippen MR) is 489 cm³/mol. The molecule has 27 nitrogen and oxygen atoms in total. The average molecular weight is 1800 g/mol. The molecule has 14 rings (SSSR count). The number of amides is 7. The molecular weight excluding hydrogens is 1710 g/mol. The number of nitrogens with zero attached hydrogens (tertiary/aromatic N) is 9. The van der Waals surface area contributed by atoms with Gasteiger partial charge in [-0.25, -0.2) is 31.3 Å². The molecule has 0 aliphatic carbocycles. The zero-order valence-electron chi connectivity index (χ0n) is 68.6. The van der Waals surface area contributed by atoms with E-state index >= 15 is 0 Å². The fraction of sp³-hybridized carbons (Fsp3) is 0.207. The van der Waals surface area contributed by atoms with Crippen LogP contribution in [0.3, 0.4) is 0 Å². The summed E-state index contributed by atoms with van der Waals surface area (Å²) in [6.07, 6.45) is 13.3. The van der Waals surface area contributed by atoms with Crippen molar-refractivity contribution in [3.63, 3.8) is 0 Å². The van der Waals surface area contributed by atoms with Gasteiger partial charge in [0.2, 0.25) is 31.9 Å². The molecule has 0 spiro atoms. The van der Waals surface area contributed by atoms with E-state index in [4.69, 9.17) is 46.4 Å². The van der Waals surface area contributed by atoms with Crippen LogP contribution in [0.25, 0.3) is 45.0 Å². The molecule has 125 heavy (non-hydrogen) atoms. The number of piperazine rings is 1. The molecule has 7 N–H and O–H groups in total. The number of likely N-dealkylation sites (tertiary alicyclic amines) is 1. The van der Waals surface area contributed by atoms with E-state index in [9.17, 15) is 50.4 Å². The molecule has 7 amide bonds. The smallest absolute Gasteiger partial charge is 0.269 e. The standard InChI is InChI=1S/C25H25ClN4O4S.C23H22ClN5O2.C22H21ClN4O2.C22H22ClN3O3S/c26-22-12-9-19(17-21(22)23-5-1-2-13-27-23)29-25(32)18-7-10-20(11-8-18)35(33,34)28-14-4-16-30-15-3-6-24(30)31;1-16(30)28-10-12-29(13-11-28)22-8-5-17(15-26-22)23(31)27-18-6-7-20(24)19(14-18)21-4-2-3-9-25-21;1-14(2)12-26-22(29)20-9-6-15(13-25-20)21(28)27-16-7-8-18(23)17(11-16)19-5-3-4-10-24-19;1-2-3-14-25-30(28,29)18-10-7-16(8-11-18)22(27)26-17-9-12-20(23)19(15-17)21-6-4-5-13-24-21/h1-2,5,7-13,17,28H,3-4,6,14-16H2,(H,29,32);2-9,14-15H,10-13H2,1H3,(H,27,31);3-11,13-14H,12H2,1-2H3,(H,26,29)(H,27,28);4-13,15,25H,2-3,14H2,1H3,(H,26,27). The Balaban J connectivity index is 0.000000162. The van der Waals surface area contributed by atoms with Crippen LogP contribution in [0.2, 0.25) is 20.1 Å². The van der Waals surface area contributed by atoms with Crippen molar-refractivity contribution in [2.45, 2.75) is 69.6 Å². The van der Waals surface area contributed by atoms with Crippen LogP contribution in [0.5, 0.6) is 0 Å². The Kier molecular flexibility index (Phi) is 33.5. The Morgan fingerprint density at radius 1 is 0.424 bits per heavy atom. The van der Waals surface area contributed by atoms with E-state index in [1.807, 2.05) is 98.5 Å². The second-order valence-corrected chi connectivity index (χ2v) is 34.1. The molecular formula is C92H90Cl4N16O11S2. The number of sulfonamides is 2. The summed E-state index contributed by atoms with van der Waals surface area (Å²) in [5.41, 5.74) is 9.73. The maximum Gasteiger partial charge on any atom is 0.269 e. The van der Waals surface area contributed by atoms with Crippen LogP contribution < -0.4 is 40.9 Å². The molecule has 0 atom stereocenters. The van der Waals surface area contributed by atoms with Gasteiger partial charge in [0.25, 0.3) is 29.5 Å². The molecule has 2 aliphatic rings. The van der Waals surface area contributed by atoms with E-state index in [1.54, 1.807) is 134 Å². The van der Waals surface area contributed by atoms with E-state index in [0.717, 1.165) is 61.5 Å².